The van der Waals surface area contributed by atoms with Crippen molar-refractivity contribution in [2.45, 2.75) is 31.9 Å². The SMILES string of the molecule is CC(=O)c1ccc(N2CC3CC4CC3C2C4O)cc1. The highest BCUT2D eigenvalue weighted by atomic mass is 16.3. The fourth-order valence-corrected chi connectivity index (χ4v) is 4.60. The number of carbonyl (C=O) groups excluding carboxylic acids is 1. The van der Waals surface area contributed by atoms with Crippen LogP contribution in [0.2, 0.25) is 0 Å². The van der Waals surface area contributed by atoms with Crippen LogP contribution in [0.4, 0.5) is 5.69 Å². The molecule has 0 aromatic heterocycles. The van der Waals surface area contributed by atoms with E-state index in [2.05, 4.69) is 4.90 Å². The highest BCUT2D eigenvalue weighted by Crippen LogP contribution is 2.55. The zero-order valence-corrected chi connectivity index (χ0v) is 11.1. The fraction of sp³-hybridized carbons (Fsp3) is 0.562. The van der Waals surface area contributed by atoms with Crippen molar-refractivity contribution in [2.75, 3.05) is 11.4 Å². The monoisotopic (exact) mass is 257 g/mol. The maximum absolute atomic E-state index is 11.3. The van der Waals surface area contributed by atoms with Gasteiger partial charge in [0.15, 0.2) is 5.78 Å². The number of nitrogens with zero attached hydrogens (tertiary/aromatic N) is 1. The van der Waals surface area contributed by atoms with Gasteiger partial charge in [-0.25, -0.2) is 0 Å². The number of benzene rings is 1. The molecule has 5 atom stereocenters. The first-order chi connectivity index (χ1) is 9.15. The first-order valence-corrected chi connectivity index (χ1v) is 7.21. The smallest absolute Gasteiger partial charge is 0.159 e. The topological polar surface area (TPSA) is 40.5 Å². The molecule has 2 bridgehead atoms. The van der Waals surface area contributed by atoms with Gasteiger partial charge in [0.1, 0.15) is 0 Å². The highest BCUT2D eigenvalue weighted by Gasteiger charge is 2.58. The average molecular weight is 257 g/mol. The van der Waals surface area contributed by atoms with Gasteiger partial charge in [-0.2, -0.15) is 0 Å². The second-order valence-electron chi connectivity index (χ2n) is 6.39. The van der Waals surface area contributed by atoms with E-state index in [0.29, 0.717) is 17.9 Å². The maximum atomic E-state index is 11.3. The predicted molar refractivity (Wildman–Crippen MR) is 73.3 cm³/mol. The first kappa shape index (κ1) is 11.5. The Bertz CT molecular complexity index is 522. The molecule has 1 saturated heterocycles. The van der Waals surface area contributed by atoms with Gasteiger partial charge in [0.05, 0.1) is 12.1 Å². The zero-order valence-electron chi connectivity index (χ0n) is 11.1. The Kier molecular flexibility index (Phi) is 2.31. The van der Waals surface area contributed by atoms with E-state index < -0.39 is 0 Å². The second kappa shape index (κ2) is 3.83. The summed E-state index contributed by atoms with van der Waals surface area (Å²) in [5.41, 5.74) is 1.92. The van der Waals surface area contributed by atoms with E-state index in [1.54, 1.807) is 6.92 Å². The van der Waals surface area contributed by atoms with Crippen molar-refractivity contribution in [3.05, 3.63) is 29.8 Å². The van der Waals surface area contributed by atoms with Gasteiger partial charge < -0.3 is 10.0 Å². The number of anilines is 1. The van der Waals surface area contributed by atoms with Gasteiger partial charge >= 0.3 is 0 Å². The molecule has 5 unspecified atom stereocenters. The minimum Gasteiger partial charge on any atom is -0.391 e. The summed E-state index contributed by atoms with van der Waals surface area (Å²) in [6, 6.07) is 8.17. The summed E-state index contributed by atoms with van der Waals surface area (Å²) >= 11 is 0. The number of carbonyl (C=O) groups is 1. The summed E-state index contributed by atoms with van der Waals surface area (Å²) in [4.78, 5) is 13.7. The summed E-state index contributed by atoms with van der Waals surface area (Å²) < 4.78 is 0. The number of fused-ring (bicyclic) bond motifs is 1. The number of hydrogen-bond acceptors (Lipinski definition) is 3. The molecule has 1 aliphatic heterocycles. The Morgan fingerprint density at radius 3 is 2.58 bits per heavy atom. The third-order valence-corrected chi connectivity index (χ3v) is 5.45. The van der Waals surface area contributed by atoms with Crippen molar-refractivity contribution in [3.8, 4) is 0 Å². The van der Waals surface area contributed by atoms with Crippen molar-refractivity contribution in [1.29, 1.82) is 0 Å². The number of ketones is 1. The van der Waals surface area contributed by atoms with Gasteiger partial charge in [-0.1, -0.05) is 0 Å². The fourth-order valence-electron chi connectivity index (χ4n) is 4.60. The number of rotatable bonds is 2. The second-order valence-corrected chi connectivity index (χ2v) is 6.39. The Labute approximate surface area is 113 Å². The van der Waals surface area contributed by atoms with Crippen molar-refractivity contribution in [1.82, 2.24) is 0 Å². The molecule has 2 saturated carbocycles. The van der Waals surface area contributed by atoms with Gasteiger partial charge in [0.2, 0.25) is 0 Å². The van der Waals surface area contributed by atoms with E-state index in [9.17, 15) is 9.90 Å². The summed E-state index contributed by atoms with van der Waals surface area (Å²) in [7, 11) is 0. The molecule has 3 heteroatoms. The lowest BCUT2D eigenvalue weighted by Gasteiger charge is -2.30. The van der Waals surface area contributed by atoms with Gasteiger partial charge in [-0.3, -0.25) is 4.79 Å². The van der Waals surface area contributed by atoms with Crippen molar-refractivity contribution in [3.63, 3.8) is 0 Å². The third-order valence-electron chi connectivity index (χ3n) is 5.45. The minimum atomic E-state index is -0.156. The van der Waals surface area contributed by atoms with Crippen LogP contribution in [-0.4, -0.2) is 29.6 Å². The van der Waals surface area contributed by atoms with Crippen LogP contribution in [0.3, 0.4) is 0 Å². The number of hydrogen-bond donors (Lipinski definition) is 1. The van der Waals surface area contributed by atoms with Crippen LogP contribution in [0.25, 0.3) is 0 Å². The molecule has 3 fully saturated rings. The van der Waals surface area contributed by atoms with Crippen LogP contribution in [0.1, 0.15) is 30.1 Å². The molecule has 2 aliphatic carbocycles. The molecular formula is C16H19NO2. The quantitative estimate of drug-likeness (QED) is 0.825. The third kappa shape index (κ3) is 1.51. The molecule has 1 N–H and O–H groups in total. The summed E-state index contributed by atoms with van der Waals surface area (Å²) in [6.45, 7) is 2.67. The number of Topliss-reactive ketones (excluding diaryl/α,β-unsaturated/α-hetero) is 1. The molecular weight excluding hydrogens is 238 g/mol. The van der Waals surface area contributed by atoms with E-state index in [0.717, 1.165) is 23.7 Å². The Balaban J connectivity index is 1.65. The molecule has 3 aliphatic rings. The van der Waals surface area contributed by atoms with Crippen LogP contribution in [-0.2, 0) is 0 Å². The van der Waals surface area contributed by atoms with E-state index in [1.165, 1.54) is 12.8 Å². The Morgan fingerprint density at radius 1 is 1.21 bits per heavy atom. The molecule has 3 nitrogen and oxygen atoms in total. The molecule has 4 rings (SSSR count). The summed E-state index contributed by atoms with van der Waals surface area (Å²) in [5.74, 6) is 2.09. The van der Waals surface area contributed by atoms with Crippen LogP contribution < -0.4 is 4.90 Å². The summed E-state index contributed by atoms with van der Waals surface area (Å²) in [6.07, 6.45) is 2.25. The largest absolute Gasteiger partial charge is 0.391 e. The minimum absolute atomic E-state index is 0.106. The average Bonchev–Trinajstić information content (AvgIpc) is 3.00. The van der Waals surface area contributed by atoms with Crippen LogP contribution in [0, 0.1) is 17.8 Å². The summed E-state index contributed by atoms with van der Waals surface area (Å²) in [5, 5.41) is 10.4. The van der Waals surface area contributed by atoms with Gasteiger partial charge in [-0.05, 0) is 61.8 Å². The van der Waals surface area contributed by atoms with E-state index in [-0.39, 0.29) is 11.9 Å². The maximum Gasteiger partial charge on any atom is 0.159 e. The molecule has 0 spiro atoms. The number of aliphatic hydroxyl groups excluding tert-OH is 1. The van der Waals surface area contributed by atoms with E-state index in [4.69, 9.17) is 0 Å². The van der Waals surface area contributed by atoms with Crippen molar-refractivity contribution in [2.24, 2.45) is 17.8 Å². The molecule has 1 heterocycles. The molecule has 100 valence electrons. The lowest BCUT2D eigenvalue weighted by atomic mass is 9.88. The van der Waals surface area contributed by atoms with Gasteiger partial charge in [0, 0.05) is 17.8 Å². The van der Waals surface area contributed by atoms with Crippen LogP contribution in [0.5, 0.6) is 0 Å². The van der Waals surface area contributed by atoms with Gasteiger partial charge in [-0.15, -0.1) is 0 Å². The van der Waals surface area contributed by atoms with Gasteiger partial charge in [0.25, 0.3) is 0 Å². The Hall–Kier alpha value is -1.35. The standard InChI is InChI=1S/C16H19NO2/c1-9(18)10-2-4-13(5-3-10)17-8-12-6-11-7-14(12)15(17)16(11)19/h2-5,11-12,14-16,19H,6-8H2,1H3. The highest BCUT2D eigenvalue weighted by molar-refractivity contribution is 5.94. The van der Waals surface area contributed by atoms with Crippen LogP contribution >= 0.6 is 0 Å². The number of aliphatic hydroxyl groups is 1. The zero-order chi connectivity index (χ0) is 13.1. The lowest BCUT2D eigenvalue weighted by Crippen LogP contribution is -2.40. The van der Waals surface area contributed by atoms with Crippen molar-refractivity contribution >= 4 is 11.5 Å². The molecule has 1 aromatic rings. The predicted octanol–water partition coefficient (Wildman–Crippen LogP) is 2.09. The Morgan fingerprint density at radius 2 is 1.95 bits per heavy atom. The van der Waals surface area contributed by atoms with Crippen molar-refractivity contribution < 1.29 is 9.90 Å². The lowest BCUT2D eigenvalue weighted by molar-refractivity contribution is 0.0966. The molecule has 19 heavy (non-hydrogen) atoms. The first-order valence-electron chi connectivity index (χ1n) is 7.21. The molecule has 0 radical (unpaired) electrons. The van der Waals surface area contributed by atoms with E-state index in [1.807, 2.05) is 24.3 Å². The van der Waals surface area contributed by atoms with E-state index >= 15 is 0 Å². The van der Waals surface area contributed by atoms with Crippen LogP contribution in [0.15, 0.2) is 24.3 Å². The molecule has 0 amide bonds. The normalized spacial score (nSPS) is 39.1. The molecule has 1 aromatic carbocycles.